The summed E-state index contributed by atoms with van der Waals surface area (Å²) in [7, 11) is 0. The standard InChI is InChI=1S/C20H17NO/c1-15-9-12-20(22)19(14-15)18-8-3-2-6-16(18)10-11-17-7-4-5-13-21-17/h2-14,22H,1H3/b11-10+. The number of pyridine rings is 1. The molecule has 0 radical (unpaired) electrons. The van der Waals surface area contributed by atoms with Crippen LogP contribution in [0.1, 0.15) is 16.8 Å². The lowest BCUT2D eigenvalue weighted by Crippen LogP contribution is -1.85. The molecular formula is C20H17NO. The maximum atomic E-state index is 10.2. The van der Waals surface area contributed by atoms with Crippen LogP contribution in [0.5, 0.6) is 5.75 Å². The Morgan fingerprint density at radius 3 is 2.50 bits per heavy atom. The second-order valence-electron chi connectivity index (χ2n) is 5.20. The minimum atomic E-state index is 0.296. The molecular weight excluding hydrogens is 270 g/mol. The maximum Gasteiger partial charge on any atom is 0.123 e. The van der Waals surface area contributed by atoms with Crippen LogP contribution in [0.2, 0.25) is 0 Å². The zero-order chi connectivity index (χ0) is 15.4. The molecule has 0 atom stereocenters. The first kappa shape index (κ1) is 14.1. The first-order chi connectivity index (χ1) is 10.7. The Labute approximate surface area is 130 Å². The molecule has 0 spiro atoms. The predicted molar refractivity (Wildman–Crippen MR) is 91.4 cm³/mol. The van der Waals surface area contributed by atoms with Gasteiger partial charge < -0.3 is 5.11 Å². The largest absolute Gasteiger partial charge is 0.507 e. The van der Waals surface area contributed by atoms with E-state index < -0.39 is 0 Å². The van der Waals surface area contributed by atoms with Gasteiger partial charge in [-0.15, -0.1) is 0 Å². The summed E-state index contributed by atoms with van der Waals surface area (Å²) in [5.74, 6) is 0.296. The van der Waals surface area contributed by atoms with Crippen molar-refractivity contribution in [3.63, 3.8) is 0 Å². The van der Waals surface area contributed by atoms with E-state index in [2.05, 4.69) is 4.98 Å². The molecule has 0 bridgehead atoms. The van der Waals surface area contributed by atoms with Crippen LogP contribution < -0.4 is 0 Å². The van der Waals surface area contributed by atoms with Crippen LogP contribution in [-0.4, -0.2) is 10.1 Å². The molecule has 0 fully saturated rings. The van der Waals surface area contributed by atoms with Crippen molar-refractivity contribution in [3.8, 4) is 16.9 Å². The Morgan fingerprint density at radius 2 is 1.68 bits per heavy atom. The van der Waals surface area contributed by atoms with E-state index in [4.69, 9.17) is 0 Å². The molecule has 22 heavy (non-hydrogen) atoms. The fraction of sp³-hybridized carbons (Fsp3) is 0.0500. The molecule has 2 aromatic carbocycles. The molecule has 0 aliphatic heterocycles. The summed E-state index contributed by atoms with van der Waals surface area (Å²) in [6.45, 7) is 2.02. The lowest BCUT2D eigenvalue weighted by molar-refractivity contribution is 0.477. The summed E-state index contributed by atoms with van der Waals surface area (Å²) in [6.07, 6.45) is 5.78. The van der Waals surface area contributed by atoms with Gasteiger partial charge in [-0.05, 0) is 48.4 Å². The minimum Gasteiger partial charge on any atom is -0.507 e. The number of hydrogen-bond donors (Lipinski definition) is 1. The number of aromatic nitrogens is 1. The number of benzene rings is 2. The van der Waals surface area contributed by atoms with Gasteiger partial charge in [0.1, 0.15) is 5.75 Å². The summed E-state index contributed by atoms with van der Waals surface area (Å²) in [5, 5.41) is 10.2. The fourth-order valence-corrected chi connectivity index (χ4v) is 2.40. The summed E-state index contributed by atoms with van der Waals surface area (Å²) in [6, 6.07) is 19.5. The van der Waals surface area contributed by atoms with E-state index in [9.17, 15) is 5.11 Å². The molecule has 1 heterocycles. The van der Waals surface area contributed by atoms with E-state index in [-0.39, 0.29) is 0 Å². The topological polar surface area (TPSA) is 33.1 Å². The van der Waals surface area contributed by atoms with Crippen LogP contribution >= 0.6 is 0 Å². The van der Waals surface area contributed by atoms with Gasteiger partial charge in [0.15, 0.2) is 0 Å². The van der Waals surface area contributed by atoms with Gasteiger partial charge in [-0.1, -0.05) is 48.0 Å². The zero-order valence-electron chi connectivity index (χ0n) is 12.4. The highest BCUT2D eigenvalue weighted by Crippen LogP contribution is 2.33. The van der Waals surface area contributed by atoms with Gasteiger partial charge in [0.25, 0.3) is 0 Å². The Balaban J connectivity index is 2.04. The number of aromatic hydroxyl groups is 1. The second-order valence-corrected chi connectivity index (χ2v) is 5.20. The number of phenols is 1. The summed E-state index contributed by atoms with van der Waals surface area (Å²) < 4.78 is 0. The van der Waals surface area contributed by atoms with Crippen LogP contribution in [0, 0.1) is 6.92 Å². The molecule has 0 unspecified atom stereocenters. The average Bonchev–Trinajstić information content (AvgIpc) is 2.56. The molecule has 0 saturated heterocycles. The van der Waals surface area contributed by atoms with Gasteiger partial charge in [-0.25, -0.2) is 0 Å². The van der Waals surface area contributed by atoms with Crippen LogP contribution in [-0.2, 0) is 0 Å². The van der Waals surface area contributed by atoms with Crippen molar-refractivity contribution in [2.24, 2.45) is 0 Å². The molecule has 1 N–H and O–H groups in total. The summed E-state index contributed by atoms with van der Waals surface area (Å²) in [5.41, 5.74) is 4.94. The van der Waals surface area contributed by atoms with Crippen molar-refractivity contribution < 1.29 is 5.11 Å². The van der Waals surface area contributed by atoms with Gasteiger partial charge >= 0.3 is 0 Å². The smallest absolute Gasteiger partial charge is 0.123 e. The summed E-state index contributed by atoms with van der Waals surface area (Å²) >= 11 is 0. The third kappa shape index (κ3) is 3.07. The van der Waals surface area contributed by atoms with Crippen LogP contribution in [0.3, 0.4) is 0 Å². The first-order valence-corrected chi connectivity index (χ1v) is 7.22. The van der Waals surface area contributed by atoms with Crippen molar-refractivity contribution >= 4 is 12.2 Å². The molecule has 0 saturated carbocycles. The van der Waals surface area contributed by atoms with Gasteiger partial charge in [-0.3, -0.25) is 4.98 Å². The van der Waals surface area contributed by atoms with E-state index in [1.807, 2.05) is 73.7 Å². The highest BCUT2D eigenvalue weighted by Gasteiger charge is 2.07. The second kappa shape index (κ2) is 6.27. The number of nitrogens with zero attached hydrogens (tertiary/aromatic N) is 1. The molecule has 3 aromatic rings. The van der Waals surface area contributed by atoms with E-state index in [0.29, 0.717) is 5.75 Å². The third-order valence-corrected chi connectivity index (χ3v) is 3.52. The Kier molecular flexibility index (Phi) is 4.01. The van der Waals surface area contributed by atoms with Crippen LogP contribution in [0.15, 0.2) is 66.9 Å². The minimum absolute atomic E-state index is 0.296. The third-order valence-electron chi connectivity index (χ3n) is 3.52. The van der Waals surface area contributed by atoms with E-state index in [1.54, 1.807) is 12.3 Å². The molecule has 2 nitrogen and oxygen atoms in total. The molecule has 0 aliphatic carbocycles. The molecule has 2 heteroatoms. The summed E-state index contributed by atoms with van der Waals surface area (Å²) in [4.78, 5) is 4.29. The monoisotopic (exact) mass is 287 g/mol. The zero-order valence-corrected chi connectivity index (χ0v) is 12.4. The Hall–Kier alpha value is -2.87. The number of rotatable bonds is 3. The Bertz CT molecular complexity index is 807. The van der Waals surface area contributed by atoms with E-state index in [1.165, 1.54) is 0 Å². The van der Waals surface area contributed by atoms with Crippen molar-refractivity contribution in [2.75, 3.05) is 0 Å². The van der Waals surface area contributed by atoms with Crippen molar-refractivity contribution in [1.82, 2.24) is 4.98 Å². The molecule has 1 aromatic heterocycles. The maximum absolute atomic E-state index is 10.2. The quantitative estimate of drug-likeness (QED) is 0.740. The predicted octanol–water partition coefficient (Wildman–Crippen LogP) is 4.93. The molecule has 0 aliphatic rings. The van der Waals surface area contributed by atoms with E-state index >= 15 is 0 Å². The molecule has 3 rings (SSSR count). The molecule has 108 valence electrons. The fourth-order valence-electron chi connectivity index (χ4n) is 2.40. The highest BCUT2D eigenvalue weighted by atomic mass is 16.3. The number of hydrogen-bond acceptors (Lipinski definition) is 2. The first-order valence-electron chi connectivity index (χ1n) is 7.22. The molecule has 0 amide bonds. The van der Waals surface area contributed by atoms with Gasteiger partial charge in [-0.2, -0.15) is 0 Å². The van der Waals surface area contributed by atoms with Crippen LogP contribution in [0.4, 0.5) is 0 Å². The van der Waals surface area contributed by atoms with Gasteiger partial charge in [0.2, 0.25) is 0 Å². The number of aryl methyl sites for hydroxylation is 1. The van der Waals surface area contributed by atoms with E-state index in [0.717, 1.165) is 27.9 Å². The lowest BCUT2D eigenvalue weighted by Gasteiger charge is -2.09. The van der Waals surface area contributed by atoms with Gasteiger partial charge in [0, 0.05) is 11.8 Å². The SMILES string of the molecule is Cc1ccc(O)c(-c2ccccc2/C=C/c2ccccn2)c1. The highest BCUT2D eigenvalue weighted by molar-refractivity contribution is 5.83. The Morgan fingerprint density at radius 1 is 0.864 bits per heavy atom. The van der Waals surface area contributed by atoms with Gasteiger partial charge in [0.05, 0.1) is 5.69 Å². The van der Waals surface area contributed by atoms with Crippen LogP contribution in [0.25, 0.3) is 23.3 Å². The van der Waals surface area contributed by atoms with Crippen molar-refractivity contribution in [1.29, 1.82) is 0 Å². The normalized spacial score (nSPS) is 11.0. The van der Waals surface area contributed by atoms with Crippen molar-refractivity contribution in [2.45, 2.75) is 6.92 Å². The average molecular weight is 287 g/mol. The number of phenolic OH excluding ortho intramolecular Hbond substituents is 1. The lowest BCUT2D eigenvalue weighted by atomic mass is 9.97. The van der Waals surface area contributed by atoms with Crippen molar-refractivity contribution in [3.05, 3.63) is 83.7 Å².